The summed E-state index contributed by atoms with van der Waals surface area (Å²) in [6.45, 7) is 2.07. The summed E-state index contributed by atoms with van der Waals surface area (Å²) in [5.74, 6) is -2.86. The molecule has 0 saturated heterocycles. The van der Waals surface area contributed by atoms with Crippen molar-refractivity contribution < 1.29 is 24.3 Å². The van der Waals surface area contributed by atoms with Crippen molar-refractivity contribution in [3.05, 3.63) is 113 Å². The Morgan fingerprint density at radius 1 is 0.907 bits per heavy atom. The smallest absolute Gasteiger partial charge is 0.305 e. The van der Waals surface area contributed by atoms with Crippen molar-refractivity contribution in [2.24, 2.45) is 0 Å². The number of rotatable bonds is 13. The molecular weight excluding hydrogens is 548 g/mol. The fourth-order valence-corrected chi connectivity index (χ4v) is 4.90. The molecule has 4 aromatic rings. The van der Waals surface area contributed by atoms with Gasteiger partial charge in [-0.25, -0.2) is 0 Å². The van der Waals surface area contributed by atoms with E-state index in [1.165, 1.54) is 22.9 Å². The summed E-state index contributed by atoms with van der Waals surface area (Å²) in [4.78, 5) is 66.1. The molecule has 0 saturated carbocycles. The normalized spacial score (nSPS) is 12.4. The van der Waals surface area contributed by atoms with Crippen molar-refractivity contribution in [1.29, 1.82) is 0 Å². The summed E-state index contributed by atoms with van der Waals surface area (Å²) < 4.78 is 1.18. The van der Waals surface area contributed by atoms with Crippen LogP contribution in [-0.4, -0.2) is 57.8 Å². The summed E-state index contributed by atoms with van der Waals surface area (Å²) in [6.07, 6.45) is 0.996. The van der Waals surface area contributed by atoms with E-state index in [2.05, 4.69) is 10.6 Å². The molecule has 1 aromatic heterocycles. The number of hydrogen-bond donors (Lipinski definition) is 3. The number of fused-ring (bicyclic) bond motifs is 1. The maximum absolute atomic E-state index is 13.4. The highest BCUT2D eigenvalue weighted by atomic mass is 16.4. The summed E-state index contributed by atoms with van der Waals surface area (Å²) in [6, 6.07) is 22.9. The lowest BCUT2D eigenvalue weighted by atomic mass is 10.1. The number of anilines is 1. The molecule has 0 radical (unpaired) electrons. The number of hydrogen-bond acceptors (Lipinski definition) is 6. The number of likely N-dealkylation sites (N-methyl/N-ethyl adjacent to an activating group) is 1. The molecule has 0 spiro atoms. The zero-order chi connectivity index (χ0) is 30.9. The molecule has 2 amide bonds. The van der Waals surface area contributed by atoms with Crippen LogP contribution >= 0.6 is 0 Å². The highest BCUT2D eigenvalue weighted by molar-refractivity contribution is 6.06. The fourth-order valence-electron chi connectivity index (χ4n) is 4.90. The first-order chi connectivity index (χ1) is 20.7. The number of nitrogens with zero attached hydrogens (tertiary/aromatic N) is 2. The molecular formula is C33H34N4O6. The van der Waals surface area contributed by atoms with Gasteiger partial charge in [-0.3, -0.25) is 28.9 Å². The van der Waals surface area contributed by atoms with Gasteiger partial charge < -0.3 is 20.3 Å². The number of ketones is 1. The van der Waals surface area contributed by atoms with Crippen molar-refractivity contribution in [1.82, 2.24) is 14.8 Å². The molecule has 0 bridgehead atoms. The second-order valence-corrected chi connectivity index (χ2v) is 10.4. The highest BCUT2D eigenvalue weighted by Gasteiger charge is 2.29. The molecule has 3 aromatic carbocycles. The highest BCUT2D eigenvalue weighted by Crippen LogP contribution is 2.17. The first-order valence-electron chi connectivity index (χ1n) is 13.9. The van der Waals surface area contributed by atoms with Gasteiger partial charge in [0, 0.05) is 18.3 Å². The van der Waals surface area contributed by atoms with E-state index in [9.17, 15) is 29.1 Å². The maximum atomic E-state index is 13.4. The van der Waals surface area contributed by atoms with Crippen LogP contribution in [0, 0.1) is 0 Å². The van der Waals surface area contributed by atoms with E-state index in [1.807, 2.05) is 60.7 Å². The summed E-state index contributed by atoms with van der Waals surface area (Å²) in [7, 11) is 1.73. The number of benzene rings is 3. The summed E-state index contributed by atoms with van der Waals surface area (Å²) in [5, 5.41) is 16.5. The number of pyridine rings is 1. The molecule has 10 heteroatoms. The van der Waals surface area contributed by atoms with E-state index in [-0.39, 0.29) is 18.7 Å². The Bertz CT molecular complexity index is 1680. The number of Topliss-reactive ketones (excluding diaryl/α,β-unsaturated/α-hetero) is 1. The molecule has 10 nitrogen and oxygen atoms in total. The molecule has 222 valence electrons. The molecule has 4 rings (SSSR count). The lowest BCUT2D eigenvalue weighted by molar-refractivity contribution is -0.140. The Morgan fingerprint density at radius 2 is 1.60 bits per heavy atom. The van der Waals surface area contributed by atoms with Crippen LogP contribution in [0.3, 0.4) is 0 Å². The minimum absolute atomic E-state index is 0.0207. The van der Waals surface area contributed by atoms with Crippen LogP contribution in [0.4, 0.5) is 5.69 Å². The lowest BCUT2D eigenvalue weighted by Crippen LogP contribution is -2.49. The van der Waals surface area contributed by atoms with Crippen LogP contribution in [0.2, 0.25) is 0 Å². The number of aliphatic carboxylic acids is 1. The van der Waals surface area contributed by atoms with Gasteiger partial charge in [0.25, 0.3) is 11.5 Å². The van der Waals surface area contributed by atoms with Gasteiger partial charge in [-0.05, 0) is 54.1 Å². The van der Waals surface area contributed by atoms with Crippen LogP contribution in [0.1, 0.15) is 41.7 Å². The summed E-state index contributed by atoms with van der Waals surface area (Å²) in [5.41, 5.74) is 0.718. The Hall–Kier alpha value is -5.09. The number of carboxylic acid groups (broad SMARTS) is 1. The number of aromatic nitrogens is 1. The van der Waals surface area contributed by atoms with Crippen LogP contribution < -0.4 is 16.2 Å². The van der Waals surface area contributed by atoms with Gasteiger partial charge >= 0.3 is 5.97 Å². The Labute approximate surface area is 248 Å². The van der Waals surface area contributed by atoms with Gasteiger partial charge in [0.15, 0.2) is 5.78 Å². The third-order valence-electron chi connectivity index (χ3n) is 7.06. The number of carbonyl (C=O) groups is 4. The van der Waals surface area contributed by atoms with Gasteiger partial charge in [-0.1, -0.05) is 67.6 Å². The van der Waals surface area contributed by atoms with Crippen LogP contribution in [0.5, 0.6) is 0 Å². The van der Waals surface area contributed by atoms with Crippen molar-refractivity contribution in [2.75, 3.05) is 18.9 Å². The minimum Gasteiger partial charge on any atom is -0.481 e. The van der Waals surface area contributed by atoms with Crippen molar-refractivity contribution in [3.63, 3.8) is 0 Å². The van der Waals surface area contributed by atoms with E-state index in [0.717, 1.165) is 16.3 Å². The molecule has 0 aliphatic carbocycles. The second-order valence-electron chi connectivity index (χ2n) is 10.4. The Kier molecular flexibility index (Phi) is 10.2. The molecule has 1 heterocycles. The molecule has 3 N–H and O–H groups in total. The standard InChI is InChI=1S/C33H34N4O6/c1-3-28(32(42)35-27(19-30(39)40)29(38)21-36(2)20-22-10-5-4-6-11-22)37-17-9-14-26(33(37)43)34-31(41)25-16-15-23-12-7-8-13-24(23)18-25/h4-18,27-28H,3,19-21H2,1-2H3,(H,34,41)(H,35,42)(H,39,40)/t27-,28?/m0/s1. The number of amides is 2. The van der Waals surface area contributed by atoms with E-state index in [0.29, 0.717) is 12.1 Å². The molecule has 0 aliphatic rings. The van der Waals surface area contributed by atoms with Crippen molar-refractivity contribution >= 4 is 40.0 Å². The van der Waals surface area contributed by atoms with Gasteiger partial charge in [0.1, 0.15) is 11.7 Å². The van der Waals surface area contributed by atoms with E-state index < -0.39 is 47.6 Å². The third-order valence-corrected chi connectivity index (χ3v) is 7.06. The maximum Gasteiger partial charge on any atom is 0.305 e. The van der Waals surface area contributed by atoms with Crippen LogP contribution in [0.25, 0.3) is 10.8 Å². The third kappa shape index (κ3) is 8.02. The van der Waals surface area contributed by atoms with Crippen molar-refractivity contribution in [2.45, 2.75) is 38.4 Å². The fraction of sp³-hybridized carbons (Fsp3) is 0.242. The SMILES string of the molecule is CCC(C(=O)N[C@@H](CC(=O)O)C(=O)CN(C)Cc1ccccc1)n1cccc(NC(=O)c2ccc3ccccc3c2)c1=O. The van der Waals surface area contributed by atoms with Gasteiger partial charge in [-0.2, -0.15) is 0 Å². The van der Waals surface area contributed by atoms with E-state index in [1.54, 1.807) is 31.0 Å². The molecule has 0 aliphatic heterocycles. The lowest BCUT2D eigenvalue weighted by Gasteiger charge is -2.24. The van der Waals surface area contributed by atoms with E-state index >= 15 is 0 Å². The molecule has 2 atom stereocenters. The summed E-state index contributed by atoms with van der Waals surface area (Å²) >= 11 is 0. The number of carbonyl (C=O) groups excluding carboxylic acids is 3. The average Bonchev–Trinajstić information content (AvgIpc) is 2.99. The van der Waals surface area contributed by atoms with Crippen molar-refractivity contribution in [3.8, 4) is 0 Å². The average molecular weight is 583 g/mol. The second kappa shape index (κ2) is 14.2. The van der Waals surface area contributed by atoms with Gasteiger partial charge in [0.2, 0.25) is 5.91 Å². The van der Waals surface area contributed by atoms with Gasteiger partial charge in [-0.15, -0.1) is 0 Å². The van der Waals surface area contributed by atoms with E-state index in [4.69, 9.17) is 0 Å². The zero-order valence-corrected chi connectivity index (χ0v) is 24.0. The monoisotopic (exact) mass is 582 g/mol. The minimum atomic E-state index is -1.29. The Balaban J connectivity index is 1.48. The zero-order valence-electron chi connectivity index (χ0n) is 24.0. The Morgan fingerprint density at radius 3 is 2.30 bits per heavy atom. The topological polar surface area (TPSA) is 138 Å². The molecule has 1 unspecified atom stereocenters. The largest absolute Gasteiger partial charge is 0.481 e. The molecule has 43 heavy (non-hydrogen) atoms. The van der Waals surface area contributed by atoms with Crippen LogP contribution in [0.15, 0.2) is 95.9 Å². The predicted molar refractivity (Wildman–Crippen MR) is 164 cm³/mol. The number of carboxylic acids is 1. The quantitative estimate of drug-likeness (QED) is 0.218. The van der Waals surface area contributed by atoms with Crippen LogP contribution in [-0.2, 0) is 20.9 Å². The first kappa shape index (κ1) is 30.9. The predicted octanol–water partition coefficient (Wildman–Crippen LogP) is 3.87. The number of nitrogens with one attached hydrogen (secondary N) is 2. The molecule has 0 fully saturated rings. The first-order valence-corrected chi connectivity index (χ1v) is 13.9. The van der Waals surface area contributed by atoms with Gasteiger partial charge in [0.05, 0.1) is 19.0 Å².